The highest BCUT2D eigenvalue weighted by Crippen LogP contribution is 2.27. The molecule has 1 aromatic carbocycles. The number of aliphatic carboxylic acids is 1. The maximum absolute atomic E-state index is 10.2. The van der Waals surface area contributed by atoms with Crippen LogP contribution in [0.4, 0.5) is 0 Å². The molecular weight excluding hydrogens is 250 g/mol. The Kier molecular flexibility index (Phi) is 5.94. The van der Waals surface area contributed by atoms with Gasteiger partial charge in [0.1, 0.15) is 6.61 Å². The Morgan fingerprint density at radius 2 is 2.26 bits per heavy atom. The van der Waals surface area contributed by atoms with Gasteiger partial charge >= 0.3 is 5.97 Å². The molecule has 0 radical (unpaired) electrons. The normalized spacial score (nSPS) is 10.2. The number of nitrogens with zero attached hydrogens (tertiary/aromatic N) is 1. The highest BCUT2D eigenvalue weighted by molar-refractivity contribution is 5.80. The lowest BCUT2D eigenvalue weighted by Crippen LogP contribution is -2.03. The van der Waals surface area contributed by atoms with Crippen molar-refractivity contribution in [1.82, 2.24) is 0 Å². The van der Waals surface area contributed by atoms with E-state index < -0.39 is 12.6 Å². The van der Waals surface area contributed by atoms with Gasteiger partial charge in [-0.3, -0.25) is 0 Å². The Hall–Kier alpha value is -2.50. The Bertz CT molecular complexity index is 470. The minimum Gasteiger partial charge on any atom is -0.493 e. The number of methoxy groups -OCH3 is 1. The number of benzene rings is 1. The minimum atomic E-state index is -1.08. The van der Waals surface area contributed by atoms with Crippen LogP contribution in [-0.2, 0) is 9.63 Å². The van der Waals surface area contributed by atoms with Gasteiger partial charge in [-0.1, -0.05) is 17.8 Å². The molecule has 1 rings (SSSR count). The number of ether oxygens (including phenoxy) is 2. The van der Waals surface area contributed by atoms with Crippen LogP contribution in [0.15, 0.2) is 36.0 Å². The zero-order valence-corrected chi connectivity index (χ0v) is 10.5. The van der Waals surface area contributed by atoms with Crippen LogP contribution in [-0.4, -0.2) is 37.6 Å². The first-order valence-corrected chi connectivity index (χ1v) is 5.46. The van der Waals surface area contributed by atoms with Gasteiger partial charge in [0.25, 0.3) is 0 Å². The molecule has 0 saturated heterocycles. The number of hydrogen-bond acceptors (Lipinski definition) is 5. The predicted octanol–water partition coefficient (Wildman–Crippen LogP) is 1.70. The highest BCUT2D eigenvalue weighted by atomic mass is 16.6. The molecule has 0 aromatic heterocycles. The summed E-state index contributed by atoms with van der Waals surface area (Å²) in [6.45, 7) is 3.46. The van der Waals surface area contributed by atoms with E-state index in [4.69, 9.17) is 14.6 Å². The number of carbonyl (C=O) groups is 1. The van der Waals surface area contributed by atoms with Crippen molar-refractivity contribution in [2.45, 2.75) is 0 Å². The van der Waals surface area contributed by atoms with E-state index in [-0.39, 0.29) is 0 Å². The van der Waals surface area contributed by atoms with Crippen LogP contribution < -0.4 is 9.47 Å². The molecule has 6 nitrogen and oxygen atoms in total. The van der Waals surface area contributed by atoms with Crippen LogP contribution in [0.3, 0.4) is 0 Å². The summed E-state index contributed by atoms with van der Waals surface area (Å²) in [5, 5.41) is 11.9. The molecule has 0 unspecified atom stereocenters. The lowest BCUT2D eigenvalue weighted by molar-refractivity contribution is -0.142. The lowest BCUT2D eigenvalue weighted by atomic mass is 10.2. The summed E-state index contributed by atoms with van der Waals surface area (Å²) in [7, 11) is 1.53. The molecule has 1 N–H and O–H groups in total. The summed E-state index contributed by atoms with van der Waals surface area (Å²) >= 11 is 0. The highest BCUT2D eigenvalue weighted by Gasteiger charge is 2.04. The zero-order chi connectivity index (χ0) is 14.1. The third kappa shape index (κ3) is 5.12. The Balaban J connectivity index is 2.70. The monoisotopic (exact) mass is 265 g/mol. The van der Waals surface area contributed by atoms with Crippen LogP contribution >= 0.6 is 0 Å². The second-order valence-electron chi connectivity index (χ2n) is 3.41. The van der Waals surface area contributed by atoms with Crippen molar-refractivity contribution in [2.75, 3.05) is 20.3 Å². The van der Waals surface area contributed by atoms with E-state index in [0.717, 1.165) is 0 Å². The Labute approximate surface area is 110 Å². The van der Waals surface area contributed by atoms with Gasteiger partial charge in [0.15, 0.2) is 11.5 Å². The molecule has 19 heavy (non-hydrogen) atoms. The Morgan fingerprint density at radius 1 is 1.47 bits per heavy atom. The third-order valence-corrected chi connectivity index (χ3v) is 2.01. The average molecular weight is 265 g/mol. The smallest absolute Gasteiger partial charge is 0.344 e. The SMILES string of the molecule is C=CCOc1ccc(C=NOCC(=O)O)cc1OC. The van der Waals surface area contributed by atoms with Gasteiger partial charge in [-0.15, -0.1) is 0 Å². The summed E-state index contributed by atoms with van der Waals surface area (Å²) in [4.78, 5) is 14.8. The molecule has 0 spiro atoms. The van der Waals surface area contributed by atoms with Crippen molar-refractivity contribution in [2.24, 2.45) is 5.16 Å². The van der Waals surface area contributed by atoms with Crippen molar-refractivity contribution in [1.29, 1.82) is 0 Å². The lowest BCUT2D eigenvalue weighted by Gasteiger charge is -2.09. The van der Waals surface area contributed by atoms with Gasteiger partial charge in [-0.25, -0.2) is 4.79 Å². The molecule has 0 bridgehead atoms. The van der Waals surface area contributed by atoms with Gasteiger partial charge in [0.2, 0.25) is 6.61 Å². The Morgan fingerprint density at radius 3 is 2.89 bits per heavy atom. The largest absolute Gasteiger partial charge is 0.493 e. The number of oxime groups is 1. The summed E-state index contributed by atoms with van der Waals surface area (Å²) in [5.74, 6) is 0.0537. The van der Waals surface area contributed by atoms with Crippen LogP contribution in [0, 0.1) is 0 Å². The van der Waals surface area contributed by atoms with Gasteiger partial charge in [-0.05, 0) is 18.2 Å². The van der Waals surface area contributed by atoms with Crippen molar-refractivity contribution in [3.8, 4) is 11.5 Å². The second kappa shape index (κ2) is 7.75. The maximum Gasteiger partial charge on any atom is 0.344 e. The minimum absolute atomic E-state index is 0.380. The molecule has 0 atom stereocenters. The summed E-state index contributed by atoms with van der Waals surface area (Å²) in [5.41, 5.74) is 0.702. The maximum atomic E-state index is 10.2. The fraction of sp³-hybridized carbons (Fsp3) is 0.231. The van der Waals surface area contributed by atoms with E-state index in [1.807, 2.05) is 0 Å². The van der Waals surface area contributed by atoms with E-state index >= 15 is 0 Å². The van der Waals surface area contributed by atoms with Crippen LogP contribution in [0.25, 0.3) is 0 Å². The van der Waals surface area contributed by atoms with Crippen molar-refractivity contribution in [3.63, 3.8) is 0 Å². The van der Waals surface area contributed by atoms with E-state index in [2.05, 4.69) is 16.6 Å². The molecule has 6 heteroatoms. The molecule has 0 aliphatic carbocycles. The molecule has 1 aromatic rings. The van der Waals surface area contributed by atoms with Gasteiger partial charge in [-0.2, -0.15) is 0 Å². The topological polar surface area (TPSA) is 77.4 Å². The molecule has 0 aliphatic rings. The van der Waals surface area contributed by atoms with Crippen molar-refractivity contribution >= 4 is 12.2 Å². The van der Waals surface area contributed by atoms with Gasteiger partial charge in [0.05, 0.1) is 13.3 Å². The summed E-state index contributed by atoms with van der Waals surface area (Å²) < 4.78 is 10.6. The fourth-order valence-corrected chi connectivity index (χ4v) is 1.22. The van der Waals surface area contributed by atoms with Gasteiger partial charge in [0, 0.05) is 5.56 Å². The van der Waals surface area contributed by atoms with Crippen LogP contribution in [0.5, 0.6) is 11.5 Å². The standard InChI is InChI=1S/C13H15NO5/c1-3-6-18-11-5-4-10(7-12(11)17-2)8-14-19-9-13(15)16/h3-5,7-8H,1,6,9H2,2H3,(H,15,16). The summed E-state index contributed by atoms with van der Waals surface area (Å²) in [6.07, 6.45) is 3.03. The fourth-order valence-electron chi connectivity index (χ4n) is 1.22. The molecule has 0 heterocycles. The van der Waals surface area contributed by atoms with Gasteiger partial charge < -0.3 is 19.4 Å². The quantitative estimate of drug-likeness (QED) is 0.439. The van der Waals surface area contributed by atoms with E-state index in [0.29, 0.717) is 23.7 Å². The summed E-state index contributed by atoms with van der Waals surface area (Å²) in [6, 6.07) is 5.17. The first kappa shape index (κ1) is 14.6. The molecule has 0 fully saturated rings. The second-order valence-corrected chi connectivity index (χ2v) is 3.41. The number of carboxylic acids is 1. The third-order valence-electron chi connectivity index (χ3n) is 2.01. The first-order chi connectivity index (χ1) is 9.17. The van der Waals surface area contributed by atoms with Crippen molar-refractivity contribution in [3.05, 3.63) is 36.4 Å². The molecular formula is C13H15NO5. The van der Waals surface area contributed by atoms with E-state index in [9.17, 15) is 4.79 Å². The molecule has 0 amide bonds. The molecule has 102 valence electrons. The first-order valence-electron chi connectivity index (χ1n) is 5.46. The van der Waals surface area contributed by atoms with E-state index in [1.165, 1.54) is 13.3 Å². The average Bonchev–Trinajstić information content (AvgIpc) is 2.41. The van der Waals surface area contributed by atoms with Crippen LogP contribution in [0.1, 0.15) is 5.56 Å². The number of hydrogen-bond donors (Lipinski definition) is 1. The van der Waals surface area contributed by atoms with Crippen molar-refractivity contribution < 1.29 is 24.2 Å². The predicted molar refractivity (Wildman–Crippen MR) is 69.9 cm³/mol. The number of rotatable bonds is 8. The van der Waals surface area contributed by atoms with Crippen LogP contribution in [0.2, 0.25) is 0 Å². The number of carboxylic acid groups (broad SMARTS) is 1. The molecule has 0 aliphatic heterocycles. The van der Waals surface area contributed by atoms with E-state index in [1.54, 1.807) is 24.3 Å². The zero-order valence-electron chi connectivity index (χ0n) is 10.5. The molecule has 0 saturated carbocycles.